The number of benzene rings is 2. The largest absolute Gasteiger partial charge is 0.490 e. The fourth-order valence-electron chi connectivity index (χ4n) is 4.51. The maximum atomic E-state index is 13.3. The quantitative estimate of drug-likeness (QED) is 0.234. The van der Waals surface area contributed by atoms with Gasteiger partial charge in [0.2, 0.25) is 11.8 Å². The number of anilines is 1. The Morgan fingerprint density at radius 2 is 1.51 bits per heavy atom. The van der Waals surface area contributed by atoms with Crippen LogP contribution in [0, 0.1) is 6.92 Å². The van der Waals surface area contributed by atoms with E-state index in [0.29, 0.717) is 18.8 Å². The highest BCUT2D eigenvalue weighted by atomic mass is 19.4. The first-order valence-corrected chi connectivity index (χ1v) is 13.9. The summed E-state index contributed by atoms with van der Waals surface area (Å²) in [6.45, 7) is 3.08. The lowest BCUT2D eigenvalue weighted by molar-refractivity contribution is -0.193. The van der Waals surface area contributed by atoms with Crippen molar-refractivity contribution in [3.63, 3.8) is 0 Å². The molecule has 1 aliphatic rings. The van der Waals surface area contributed by atoms with Gasteiger partial charge in [0.1, 0.15) is 11.9 Å². The highest BCUT2D eigenvalue weighted by Crippen LogP contribution is 2.21. The number of nitrogens with two attached hydrogens (primary N) is 1. The molecule has 4 rings (SSSR count). The van der Waals surface area contributed by atoms with Crippen LogP contribution in [-0.2, 0) is 32.1 Å². The van der Waals surface area contributed by atoms with Crippen LogP contribution >= 0.6 is 0 Å². The van der Waals surface area contributed by atoms with Gasteiger partial charge in [0.25, 0.3) is 0 Å². The number of fused-ring (bicyclic) bond motifs is 1. The molecule has 0 bridgehead atoms. The normalized spacial score (nSPS) is 15.4. The Hall–Kier alpha value is -4.93. The number of carbonyl (C=O) groups is 4. The van der Waals surface area contributed by atoms with Gasteiger partial charge in [0, 0.05) is 18.7 Å². The van der Waals surface area contributed by atoms with Crippen molar-refractivity contribution >= 4 is 40.3 Å². The molecular formula is C30H33F6N5O6. The molecule has 0 saturated carbocycles. The predicted octanol–water partition coefficient (Wildman–Crippen LogP) is 3.83. The van der Waals surface area contributed by atoms with Gasteiger partial charge in [-0.2, -0.15) is 26.3 Å². The summed E-state index contributed by atoms with van der Waals surface area (Å²) in [5.41, 5.74) is 8.43. The highest BCUT2D eigenvalue weighted by Gasteiger charge is 2.39. The number of rotatable bonds is 7. The maximum Gasteiger partial charge on any atom is 0.490 e. The van der Waals surface area contributed by atoms with E-state index in [1.165, 1.54) is 0 Å². The topological polar surface area (TPSA) is 175 Å². The number of aliphatic carboxylic acids is 2. The average molecular weight is 674 g/mol. The van der Waals surface area contributed by atoms with Crippen LogP contribution in [0.4, 0.5) is 32.2 Å². The van der Waals surface area contributed by atoms with Crippen molar-refractivity contribution < 1.29 is 55.7 Å². The van der Waals surface area contributed by atoms with Crippen molar-refractivity contribution in [1.82, 2.24) is 20.5 Å². The van der Waals surface area contributed by atoms with Gasteiger partial charge in [0.05, 0.1) is 6.04 Å². The molecule has 1 saturated heterocycles. The average Bonchev–Trinajstić information content (AvgIpc) is 3.42. The fourth-order valence-corrected chi connectivity index (χ4v) is 4.51. The molecular weight excluding hydrogens is 640 g/mol. The van der Waals surface area contributed by atoms with E-state index in [1.54, 1.807) is 6.07 Å². The number of hydrogen-bond acceptors (Lipinski definition) is 7. The van der Waals surface area contributed by atoms with E-state index in [9.17, 15) is 35.9 Å². The molecule has 256 valence electrons. The van der Waals surface area contributed by atoms with Gasteiger partial charge in [-0.1, -0.05) is 48.5 Å². The van der Waals surface area contributed by atoms with Gasteiger partial charge in [-0.3, -0.25) is 14.5 Å². The summed E-state index contributed by atoms with van der Waals surface area (Å²) in [5, 5.41) is 22.5. The highest BCUT2D eigenvalue weighted by molar-refractivity contribution is 5.91. The first-order chi connectivity index (χ1) is 21.8. The first kappa shape index (κ1) is 38.3. The second-order valence-electron chi connectivity index (χ2n) is 10.3. The number of nitrogens with zero attached hydrogens (tertiary/aromatic N) is 2. The van der Waals surface area contributed by atoms with Crippen LogP contribution in [0.15, 0.2) is 54.6 Å². The Morgan fingerprint density at radius 3 is 2.04 bits per heavy atom. The number of amides is 2. The number of likely N-dealkylation sites (tertiary alicyclic amines) is 1. The Bertz CT molecular complexity index is 1540. The van der Waals surface area contributed by atoms with E-state index in [0.717, 1.165) is 47.0 Å². The van der Waals surface area contributed by atoms with Crippen molar-refractivity contribution in [2.75, 3.05) is 19.3 Å². The number of halogens is 6. The third-order valence-corrected chi connectivity index (χ3v) is 6.91. The number of carboxylic acids is 2. The van der Waals surface area contributed by atoms with Crippen LogP contribution in [0.5, 0.6) is 0 Å². The zero-order valence-corrected chi connectivity index (χ0v) is 25.2. The molecule has 1 aliphatic heterocycles. The number of pyridine rings is 1. The summed E-state index contributed by atoms with van der Waals surface area (Å²) in [7, 11) is 1.95. The molecule has 2 aromatic carbocycles. The molecule has 2 atom stereocenters. The third-order valence-electron chi connectivity index (χ3n) is 6.91. The van der Waals surface area contributed by atoms with E-state index in [-0.39, 0.29) is 17.9 Å². The van der Waals surface area contributed by atoms with Crippen LogP contribution in [0.1, 0.15) is 29.7 Å². The zero-order valence-electron chi connectivity index (χ0n) is 25.2. The van der Waals surface area contributed by atoms with E-state index < -0.39 is 30.3 Å². The van der Waals surface area contributed by atoms with Crippen molar-refractivity contribution in [1.29, 1.82) is 0 Å². The van der Waals surface area contributed by atoms with Gasteiger partial charge in [-0.05, 0) is 61.3 Å². The number of carboxylic acid groups (broad SMARTS) is 2. The number of hydrogen-bond donors (Lipinski definition) is 5. The number of nitrogen functional groups attached to an aromatic ring is 1. The third kappa shape index (κ3) is 12.1. The lowest BCUT2D eigenvalue weighted by Crippen LogP contribution is -2.52. The molecule has 0 unspecified atom stereocenters. The molecule has 11 nitrogen and oxygen atoms in total. The molecule has 6 N–H and O–H groups in total. The minimum Gasteiger partial charge on any atom is -0.475 e. The van der Waals surface area contributed by atoms with Gasteiger partial charge in [-0.25, -0.2) is 14.6 Å². The van der Waals surface area contributed by atoms with Crippen LogP contribution in [0.3, 0.4) is 0 Å². The van der Waals surface area contributed by atoms with Gasteiger partial charge in [0.15, 0.2) is 0 Å². The minimum absolute atomic E-state index is 0.0966. The molecule has 1 fully saturated rings. The van der Waals surface area contributed by atoms with E-state index >= 15 is 0 Å². The summed E-state index contributed by atoms with van der Waals surface area (Å²) in [6.07, 6.45) is -7.96. The monoisotopic (exact) mass is 673 g/mol. The number of aryl methyl sites for hydroxylation is 1. The zero-order chi connectivity index (χ0) is 35.5. The number of nitrogens with one attached hydrogen (secondary N) is 2. The number of aromatic nitrogens is 1. The molecule has 0 radical (unpaired) electrons. The van der Waals surface area contributed by atoms with Gasteiger partial charge >= 0.3 is 24.3 Å². The Labute approximate surface area is 264 Å². The van der Waals surface area contributed by atoms with Crippen molar-refractivity contribution in [2.45, 2.75) is 57.2 Å². The molecule has 47 heavy (non-hydrogen) atoms. The van der Waals surface area contributed by atoms with E-state index in [4.69, 9.17) is 25.5 Å². The number of likely N-dealkylation sites (N-methyl/N-ethyl adjacent to an activating group) is 1. The fraction of sp³-hybridized carbons (Fsp3) is 0.367. The molecule has 0 aliphatic carbocycles. The Kier molecular flexibility index (Phi) is 13.5. The minimum atomic E-state index is -5.08. The second-order valence-corrected chi connectivity index (χ2v) is 10.3. The summed E-state index contributed by atoms with van der Waals surface area (Å²) >= 11 is 0. The lowest BCUT2D eigenvalue weighted by Gasteiger charge is -2.24. The summed E-state index contributed by atoms with van der Waals surface area (Å²) in [5.74, 6) is -5.38. The Morgan fingerprint density at radius 1 is 0.936 bits per heavy atom. The SMILES string of the molecule is Cc1nc(N)ccc1CNC(=O)[C@H](Cc1cccc2ccccc12)NC(=O)[C@H]1CCCN1C.O=C(O)C(F)(F)F.O=C(O)C(F)(F)F. The Balaban J connectivity index is 0.000000459. The van der Waals surface area contributed by atoms with Crippen LogP contribution < -0.4 is 16.4 Å². The van der Waals surface area contributed by atoms with Crippen molar-refractivity contribution in [3.8, 4) is 0 Å². The molecule has 3 aromatic rings. The van der Waals surface area contributed by atoms with Crippen LogP contribution in [0.25, 0.3) is 10.8 Å². The summed E-state index contributed by atoms with van der Waals surface area (Å²) in [6, 6.07) is 16.9. The number of alkyl halides is 6. The second kappa shape index (κ2) is 16.6. The van der Waals surface area contributed by atoms with Crippen molar-refractivity contribution in [3.05, 3.63) is 71.4 Å². The van der Waals surface area contributed by atoms with Crippen LogP contribution in [-0.4, -0.2) is 81.9 Å². The summed E-state index contributed by atoms with van der Waals surface area (Å²) < 4.78 is 63.5. The van der Waals surface area contributed by atoms with E-state index in [1.807, 2.05) is 49.2 Å². The molecule has 2 heterocycles. The van der Waals surface area contributed by atoms with Crippen LogP contribution in [0.2, 0.25) is 0 Å². The number of carbonyl (C=O) groups excluding carboxylic acids is 2. The molecule has 17 heteroatoms. The molecule has 0 spiro atoms. The standard InChI is InChI=1S/C26H31N5O2.2C2HF3O2/c1-17-20(12-13-24(27)29-17)16-28-25(32)22(30-26(33)23-11-6-14-31(23)2)15-19-9-5-8-18-7-3-4-10-21(18)19;2*3-2(4,5)1(6)7/h3-5,7-10,12-13,22-23H,6,11,14-16H2,1-2H3,(H2,27,29)(H,28,32)(H,30,33);2*(H,6,7)/t22-,23+;;/m0../s1. The van der Waals surface area contributed by atoms with Gasteiger partial charge in [-0.15, -0.1) is 0 Å². The predicted molar refractivity (Wildman–Crippen MR) is 158 cm³/mol. The molecule has 2 amide bonds. The summed E-state index contributed by atoms with van der Waals surface area (Å²) in [4.78, 5) is 50.4. The van der Waals surface area contributed by atoms with Gasteiger partial charge < -0.3 is 26.6 Å². The smallest absolute Gasteiger partial charge is 0.475 e. The maximum absolute atomic E-state index is 13.3. The van der Waals surface area contributed by atoms with E-state index in [2.05, 4.69) is 33.8 Å². The first-order valence-electron chi connectivity index (χ1n) is 13.9. The van der Waals surface area contributed by atoms with Crippen molar-refractivity contribution in [2.24, 2.45) is 0 Å². The lowest BCUT2D eigenvalue weighted by atomic mass is 9.98. The molecule has 1 aromatic heterocycles.